The molecule has 4 heteroatoms. The summed E-state index contributed by atoms with van der Waals surface area (Å²) in [7, 11) is 0. The molecule has 0 aromatic rings. The monoisotopic (exact) mass is 156 g/mol. The average molecular weight is 156 g/mol. The van der Waals surface area contributed by atoms with Crippen LogP contribution >= 0.6 is 0 Å². The minimum atomic E-state index is -0.509. The van der Waals surface area contributed by atoms with Crippen LogP contribution in [0.15, 0.2) is 4.99 Å². The van der Waals surface area contributed by atoms with Crippen molar-refractivity contribution >= 4 is 18.5 Å². The summed E-state index contributed by atoms with van der Waals surface area (Å²) in [4.78, 5) is 24.6. The third-order valence-electron chi connectivity index (χ3n) is 1.24. The highest BCUT2D eigenvalue weighted by atomic mass is 16.2. The summed E-state index contributed by atoms with van der Waals surface area (Å²) < 4.78 is 0. The van der Waals surface area contributed by atoms with Gasteiger partial charge in [0, 0.05) is 6.92 Å². The largest absolute Gasteiger partial charge is 0.344 e. The molecule has 0 aliphatic heterocycles. The molecule has 0 bridgehead atoms. The molecule has 62 valence electrons. The number of amides is 2. The first kappa shape index (κ1) is 9.81. The topological polar surface area (TPSA) is 58.5 Å². The van der Waals surface area contributed by atoms with Crippen molar-refractivity contribution in [3.05, 3.63) is 0 Å². The fraction of sp³-hybridized carbons (Fsp3) is 0.571. The Bertz CT molecular complexity index is 177. The van der Waals surface area contributed by atoms with E-state index in [1.807, 2.05) is 0 Å². The van der Waals surface area contributed by atoms with E-state index in [0.29, 0.717) is 6.42 Å². The second-order valence-electron chi connectivity index (χ2n) is 2.16. The lowest BCUT2D eigenvalue weighted by Gasteiger charge is -2.10. The number of carbonyl (C=O) groups excluding carboxylic acids is 2. The fourth-order valence-corrected chi connectivity index (χ4v) is 0.694. The first-order chi connectivity index (χ1) is 5.11. The number of rotatable bonds is 3. The molecule has 0 saturated carbocycles. The van der Waals surface area contributed by atoms with Gasteiger partial charge in [-0.15, -0.1) is 0 Å². The third-order valence-corrected chi connectivity index (χ3v) is 1.24. The van der Waals surface area contributed by atoms with Gasteiger partial charge in [-0.05, 0) is 13.1 Å². The molecule has 0 aromatic heterocycles. The summed E-state index contributed by atoms with van der Waals surface area (Å²) in [5.74, 6) is -0.614. The van der Waals surface area contributed by atoms with Crippen LogP contribution < -0.4 is 5.32 Å². The molecule has 0 aliphatic carbocycles. The second-order valence-corrected chi connectivity index (χ2v) is 2.16. The van der Waals surface area contributed by atoms with Gasteiger partial charge in [0.25, 0.3) is 5.91 Å². The summed E-state index contributed by atoms with van der Waals surface area (Å²) in [6.07, 6.45) is 0.539. The molecule has 0 rings (SSSR count). The molecular formula is C7H12N2O2. The van der Waals surface area contributed by atoms with Gasteiger partial charge in [-0.1, -0.05) is 6.92 Å². The van der Waals surface area contributed by atoms with E-state index >= 15 is 0 Å². The van der Waals surface area contributed by atoms with Crippen LogP contribution in [0.1, 0.15) is 20.3 Å². The Morgan fingerprint density at radius 3 is 2.45 bits per heavy atom. The summed E-state index contributed by atoms with van der Waals surface area (Å²) in [6, 6.07) is -0.509. The molecule has 4 nitrogen and oxygen atoms in total. The van der Waals surface area contributed by atoms with E-state index in [0.717, 1.165) is 0 Å². The lowest BCUT2D eigenvalue weighted by Crippen LogP contribution is -2.38. The second kappa shape index (κ2) is 4.60. The lowest BCUT2D eigenvalue weighted by molar-refractivity contribution is -0.126. The van der Waals surface area contributed by atoms with Crippen LogP contribution in [0.25, 0.3) is 0 Å². The van der Waals surface area contributed by atoms with E-state index in [-0.39, 0.29) is 11.8 Å². The van der Waals surface area contributed by atoms with E-state index in [4.69, 9.17) is 0 Å². The molecule has 0 fully saturated rings. The zero-order valence-electron chi connectivity index (χ0n) is 6.76. The first-order valence-electron chi connectivity index (χ1n) is 3.39. The maximum atomic E-state index is 10.8. The molecule has 0 radical (unpaired) electrons. The summed E-state index contributed by atoms with van der Waals surface area (Å²) in [5, 5.41) is 2.46. The predicted molar refractivity (Wildman–Crippen MR) is 42.5 cm³/mol. The van der Waals surface area contributed by atoms with Crippen molar-refractivity contribution in [2.24, 2.45) is 4.99 Å². The number of carbonyl (C=O) groups is 2. The Morgan fingerprint density at radius 2 is 2.18 bits per heavy atom. The fourth-order valence-electron chi connectivity index (χ4n) is 0.694. The highest BCUT2D eigenvalue weighted by Gasteiger charge is 2.14. The minimum Gasteiger partial charge on any atom is -0.344 e. The van der Waals surface area contributed by atoms with Crippen LogP contribution in [-0.2, 0) is 9.59 Å². The highest BCUT2D eigenvalue weighted by molar-refractivity contribution is 5.89. The molecule has 0 heterocycles. The van der Waals surface area contributed by atoms with Gasteiger partial charge >= 0.3 is 0 Å². The molecule has 2 amide bonds. The quantitative estimate of drug-likeness (QED) is 0.590. The average Bonchev–Trinajstić information content (AvgIpc) is 1.98. The van der Waals surface area contributed by atoms with Crippen molar-refractivity contribution < 1.29 is 9.59 Å². The van der Waals surface area contributed by atoms with Gasteiger partial charge in [-0.25, -0.2) is 4.99 Å². The van der Waals surface area contributed by atoms with Crippen LogP contribution in [0.4, 0.5) is 0 Å². The van der Waals surface area contributed by atoms with E-state index < -0.39 is 6.04 Å². The molecular weight excluding hydrogens is 144 g/mol. The molecule has 11 heavy (non-hydrogen) atoms. The summed E-state index contributed by atoms with van der Waals surface area (Å²) in [5.41, 5.74) is 0. The van der Waals surface area contributed by atoms with Crippen molar-refractivity contribution in [2.45, 2.75) is 26.3 Å². The molecule has 1 unspecified atom stereocenters. The maximum absolute atomic E-state index is 10.8. The zero-order chi connectivity index (χ0) is 8.85. The lowest BCUT2D eigenvalue weighted by atomic mass is 10.2. The van der Waals surface area contributed by atoms with E-state index in [9.17, 15) is 9.59 Å². The third kappa shape index (κ3) is 3.50. The number of hydrogen-bond acceptors (Lipinski definition) is 2. The number of hydrogen-bond donors (Lipinski definition) is 1. The Labute approximate surface area is 65.7 Å². The van der Waals surface area contributed by atoms with Gasteiger partial charge < -0.3 is 5.32 Å². The van der Waals surface area contributed by atoms with Crippen molar-refractivity contribution in [3.63, 3.8) is 0 Å². The van der Waals surface area contributed by atoms with Gasteiger partial charge in [-0.3, -0.25) is 9.59 Å². The van der Waals surface area contributed by atoms with Crippen LogP contribution in [-0.4, -0.2) is 24.6 Å². The predicted octanol–water partition coefficient (Wildman–Crippen LogP) is 0.128. The number of nitrogens with one attached hydrogen (secondary N) is 1. The van der Waals surface area contributed by atoms with Crippen molar-refractivity contribution in [1.82, 2.24) is 5.32 Å². The Hall–Kier alpha value is -1.19. The van der Waals surface area contributed by atoms with Gasteiger partial charge in [0.15, 0.2) is 0 Å². The van der Waals surface area contributed by atoms with E-state index in [1.54, 1.807) is 6.92 Å². The van der Waals surface area contributed by atoms with Gasteiger partial charge in [0.05, 0.1) is 0 Å². The first-order valence-corrected chi connectivity index (χ1v) is 3.39. The van der Waals surface area contributed by atoms with Crippen LogP contribution in [0, 0.1) is 0 Å². The Kier molecular flexibility index (Phi) is 4.10. The SMILES string of the molecule is C=NC(=O)C(CC)NC(C)=O. The van der Waals surface area contributed by atoms with Crippen LogP contribution in [0.5, 0.6) is 0 Å². The Balaban J connectivity index is 4.05. The maximum Gasteiger partial charge on any atom is 0.267 e. The minimum absolute atomic E-state index is 0.228. The van der Waals surface area contributed by atoms with Crippen LogP contribution in [0.3, 0.4) is 0 Å². The molecule has 1 N–H and O–H groups in total. The van der Waals surface area contributed by atoms with Crippen molar-refractivity contribution in [2.75, 3.05) is 0 Å². The number of nitrogens with zero attached hydrogens (tertiary/aromatic N) is 1. The summed E-state index contributed by atoms with van der Waals surface area (Å²) in [6.45, 7) is 6.24. The molecule has 0 aromatic carbocycles. The van der Waals surface area contributed by atoms with E-state index in [2.05, 4.69) is 17.0 Å². The molecule has 0 aliphatic rings. The number of aliphatic imine (C=N–C) groups is 1. The van der Waals surface area contributed by atoms with Crippen molar-refractivity contribution in [1.29, 1.82) is 0 Å². The summed E-state index contributed by atoms with van der Waals surface area (Å²) >= 11 is 0. The Morgan fingerprint density at radius 1 is 1.64 bits per heavy atom. The van der Waals surface area contributed by atoms with E-state index in [1.165, 1.54) is 6.92 Å². The smallest absolute Gasteiger partial charge is 0.267 e. The van der Waals surface area contributed by atoms with Gasteiger partial charge in [0.2, 0.25) is 5.91 Å². The van der Waals surface area contributed by atoms with Crippen molar-refractivity contribution in [3.8, 4) is 0 Å². The van der Waals surface area contributed by atoms with Gasteiger partial charge in [-0.2, -0.15) is 0 Å². The molecule has 1 atom stereocenters. The highest BCUT2D eigenvalue weighted by Crippen LogP contribution is 1.92. The standard InChI is InChI=1S/C7H12N2O2/c1-4-6(7(11)8-3)9-5(2)10/h6H,3-4H2,1-2H3,(H,9,10). The van der Waals surface area contributed by atoms with Gasteiger partial charge in [0.1, 0.15) is 6.04 Å². The molecule has 0 saturated heterocycles. The zero-order valence-corrected chi connectivity index (χ0v) is 6.76. The normalized spacial score (nSPS) is 11.8. The van der Waals surface area contributed by atoms with Crippen LogP contribution in [0.2, 0.25) is 0 Å². The molecule has 0 spiro atoms.